The maximum absolute atomic E-state index is 14.0. The zero-order valence-corrected chi connectivity index (χ0v) is 13.5. The number of hydrogen-bond acceptors (Lipinski definition) is 3. The van der Waals surface area contributed by atoms with Gasteiger partial charge in [0.2, 0.25) is 0 Å². The van der Waals surface area contributed by atoms with E-state index in [2.05, 4.69) is 10.1 Å². The average Bonchev–Trinajstić information content (AvgIpc) is 3.10. The molecule has 0 saturated heterocycles. The third kappa shape index (κ3) is 2.65. The third-order valence-electron chi connectivity index (χ3n) is 3.98. The minimum absolute atomic E-state index is 0.346. The number of aromatic nitrogens is 3. The van der Waals surface area contributed by atoms with Crippen LogP contribution in [0.3, 0.4) is 0 Å². The van der Waals surface area contributed by atoms with Crippen molar-refractivity contribution < 1.29 is 4.39 Å². The molecule has 0 unspecified atom stereocenters. The summed E-state index contributed by atoms with van der Waals surface area (Å²) >= 11 is 0. The molecule has 0 radical (unpaired) electrons. The molecule has 4 rings (SSSR count). The second-order valence-corrected chi connectivity index (χ2v) is 5.59. The molecule has 0 fully saturated rings. The highest BCUT2D eigenvalue weighted by Gasteiger charge is 2.08. The number of halogens is 1. The van der Waals surface area contributed by atoms with Crippen LogP contribution in [0, 0.1) is 5.82 Å². The second kappa shape index (κ2) is 6.29. The van der Waals surface area contributed by atoms with E-state index in [-0.39, 0.29) is 5.82 Å². The highest BCUT2D eigenvalue weighted by Crippen LogP contribution is 2.15. The zero-order chi connectivity index (χ0) is 18.1. The maximum atomic E-state index is 14.0. The largest absolute Gasteiger partial charge is 0.349 e. The Balaban J connectivity index is 1.81. The van der Waals surface area contributed by atoms with Crippen LogP contribution in [0.4, 0.5) is 4.39 Å². The summed E-state index contributed by atoms with van der Waals surface area (Å²) in [7, 11) is 0. The molecule has 2 aromatic heterocycles. The molecule has 0 spiro atoms. The molecule has 2 heterocycles. The molecule has 26 heavy (non-hydrogen) atoms. The summed E-state index contributed by atoms with van der Waals surface area (Å²) in [4.78, 5) is 27.2. The predicted octanol–water partition coefficient (Wildman–Crippen LogP) is 2.50. The van der Waals surface area contributed by atoms with Gasteiger partial charge in [0.05, 0.1) is 28.5 Å². The SMILES string of the molecule is O=c1[nH]c2ccccc2c(=O)n1N=Cc1cccn1-c1ccccc1F. The van der Waals surface area contributed by atoms with Crippen LogP contribution in [0.15, 0.2) is 81.6 Å². The first kappa shape index (κ1) is 15.8. The lowest BCUT2D eigenvalue weighted by Crippen LogP contribution is -2.32. The fourth-order valence-corrected chi connectivity index (χ4v) is 2.74. The Labute approximate surface area is 146 Å². The molecule has 2 aromatic carbocycles. The van der Waals surface area contributed by atoms with Crippen molar-refractivity contribution in [3.8, 4) is 5.69 Å². The second-order valence-electron chi connectivity index (χ2n) is 5.59. The molecule has 0 aliphatic heterocycles. The smallest absolute Gasteiger partial charge is 0.313 e. The van der Waals surface area contributed by atoms with Crippen LogP contribution >= 0.6 is 0 Å². The van der Waals surface area contributed by atoms with Gasteiger partial charge in [-0.3, -0.25) is 4.79 Å². The van der Waals surface area contributed by atoms with Gasteiger partial charge >= 0.3 is 5.69 Å². The molecule has 0 atom stereocenters. The van der Waals surface area contributed by atoms with Crippen LogP contribution in [0.5, 0.6) is 0 Å². The zero-order valence-electron chi connectivity index (χ0n) is 13.5. The van der Waals surface area contributed by atoms with E-state index in [9.17, 15) is 14.0 Å². The van der Waals surface area contributed by atoms with E-state index in [1.54, 1.807) is 65.4 Å². The number of hydrogen-bond donors (Lipinski definition) is 1. The highest BCUT2D eigenvalue weighted by atomic mass is 19.1. The van der Waals surface area contributed by atoms with E-state index in [4.69, 9.17) is 0 Å². The molecule has 6 nitrogen and oxygen atoms in total. The van der Waals surface area contributed by atoms with Crippen LogP contribution in [-0.4, -0.2) is 20.4 Å². The van der Waals surface area contributed by atoms with Gasteiger partial charge in [-0.25, -0.2) is 9.18 Å². The first-order valence-electron chi connectivity index (χ1n) is 7.86. The quantitative estimate of drug-likeness (QED) is 0.578. The molecule has 4 aromatic rings. The Kier molecular flexibility index (Phi) is 3.81. The molecule has 0 saturated carbocycles. The monoisotopic (exact) mass is 348 g/mol. The standard InChI is InChI=1S/C19H13FN4O2/c20-15-8-2-4-10-17(15)23-11-5-6-13(23)12-21-24-18(25)14-7-1-3-9-16(14)22-19(24)26/h1-12H,(H,22,26). The molecule has 128 valence electrons. The Morgan fingerprint density at radius 2 is 1.73 bits per heavy atom. The van der Waals surface area contributed by atoms with E-state index < -0.39 is 11.2 Å². The summed E-state index contributed by atoms with van der Waals surface area (Å²) < 4.78 is 16.4. The number of aromatic amines is 1. The van der Waals surface area contributed by atoms with E-state index in [1.807, 2.05) is 0 Å². The molecular weight excluding hydrogens is 335 g/mol. The van der Waals surface area contributed by atoms with Crippen LogP contribution in [0.1, 0.15) is 5.69 Å². The van der Waals surface area contributed by atoms with Crippen LogP contribution in [-0.2, 0) is 0 Å². The van der Waals surface area contributed by atoms with Gasteiger partial charge in [-0.15, -0.1) is 4.68 Å². The van der Waals surface area contributed by atoms with Gasteiger partial charge in [0, 0.05) is 6.20 Å². The minimum Gasteiger partial charge on any atom is -0.313 e. The average molecular weight is 348 g/mol. The van der Waals surface area contributed by atoms with Gasteiger partial charge in [0.1, 0.15) is 5.82 Å². The van der Waals surface area contributed by atoms with Gasteiger partial charge in [0.25, 0.3) is 5.56 Å². The first-order chi connectivity index (χ1) is 12.6. The summed E-state index contributed by atoms with van der Waals surface area (Å²) in [6.07, 6.45) is 3.02. The van der Waals surface area contributed by atoms with Crippen LogP contribution in [0.2, 0.25) is 0 Å². The highest BCUT2D eigenvalue weighted by molar-refractivity contribution is 5.79. The van der Waals surface area contributed by atoms with Crippen molar-refractivity contribution in [2.24, 2.45) is 5.10 Å². The van der Waals surface area contributed by atoms with E-state index in [0.717, 1.165) is 4.68 Å². The first-order valence-corrected chi connectivity index (χ1v) is 7.86. The van der Waals surface area contributed by atoms with Crippen molar-refractivity contribution in [1.29, 1.82) is 0 Å². The molecule has 0 amide bonds. The fraction of sp³-hybridized carbons (Fsp3) is 0. The number of nitrogens with one attached hydrogen (secondary N) is 1. The topological polar surface area (TPSA) is 72.2 Å². The van der Waals surface area contributed by atoms with Crippen molar-refractivity contribution in [2.75, 3.05) is 0 Å². The van der Waals surface area contributed by atoms with E-state index >= 15 is 0 Å². The number of para-hydroxylation sites is 2. The Morgan fingerprint density at radius 3 is 2.58 bits per heavy atom. The van der Waals surface area contributed by atoms with Crippen molar-refractivity contribution in [3.63, 3.8) is 0 Å². The molecule has 1 N–H and O–H groups in total. The molecule has 7 heteroatoms. The number of benzene rings is 2. The van der Waals surface area contributed by atoms with Gasteiger partial charge in [-0.05, 0) is 36.4 Å². The van der Waals surface area contributed by atoms with Crippen molar-refractivity contribution in [2.45, 2.75) is 0 Å². The Hall–Kier alpha value is -3.74. The lowest BCUT2D eigenvalue weighted by atomic mass is 10.2. The van der Waals surface area contributed by atoms with E-state index in [1.165, 1.54) is 12.3 Å². The molecule has 0 bridgehead atoms. The number of nitrogens with zero attached hydrogens (tertiary/aromatic N) is 3. The lowest BCUT2D eigenvalue weighted by molar-refractivity contribution is 0.618. The summed E-state index contributed by atoms with van der Waals surface area (Å²) in [6, 6.07) is 16.4. The normalized spacial score (nSPS) is 11.4. The number of H-pyrrole nitrogens is 1. The predicted molar refractivity (Wildman–Crippen MR) is 97.5 cm³/mol. The summed E-state index contributed by atoms with van der Waals surface area (Å²) in [6.45, 7) is 0. The van der Waals surface area contributed by atoms with Crippen molar-refractivity contribution in [3.05, 3.63) is 99.2 Å². The van der Waals surface area contributed by atoms with Crippen LogP contribution in [0.25, 0.3) is 16.6 Å². The molecule has 0 aliphatic carbocycles. The third-order valence-corrected chi connectivity index (χ3v) is 3.98. The van der Waals surface area contributed by atoms with Crippen molar-refractivity contribution >= 4 is 17.1 Å². The molecule has 0 aliphatic rings. The fourth-order valence-electron chi connectivity index (χ4n) is 2.74. The molecular formula is C19H13FN4O2. The Morgan fingerprint density at radius 1 is 0.962 bits per heavy atom. The summed E-state index contributed by atoms with van der Waals surface area (Å²) in [5.74, 6) is -0.390. The van der Waals surface area contributed by atoms with Gasteiger partial charge < -0.3 is 9.55 Å². The summed E-state index contributed by atoms with van der Waals surface area (Å²) in [5, 5.41) is 4.36. The van der Waals surface area contributed by atoms with Crippen molar-refractivity contribution in [1.82, 2.24) is 14.2 Å². The van der Waals surface area contributed by atoms with Crippen LogP contribution < -0.4 is 11.2 Å². The summed E-state index contributed by atoms with van der Waals surface area (Å²) in [5.41, 5.74) is 0.149. The van der Waals surface area contributed by atoms with Gasteiger partial charge in [-0.1, -0.05) is 24.3 Å². The number of rotatable bonds is 3. The van der Waals surface area contributed by atoms with E-state index in [0.29, 0.717) is 22.3 Å². The lowest BCUT2D eigenvalue weighted by Gasteiger charge is -2.07. The minimum atomic E-state index is -0.644. The number of fused-ring (bicyclic) bond motifs is 1. The van der Waals surface area contributed by atoms with Gasteiger partial charge in [0.15, 0.2) is 0 Å². The maximum Gasteiger partial charge on any atom is 0.349 e. The van der Waals surface area contributed by atoms with Gasteiger partial charge in [-0.2, -0.15) is 5.10 Å². The Bertz CT molecular complexity index is 1250.